The summed E-state index contributed by atoms with van der Waals surface area (Å²) in [6.45, 7) is 2.08. The highest BCUT2D eigenvalue weighted by Crippen LogP contribution is 2.32. The summed E-state index contributed by atoms with van der Waals surface area (Å²) in [5.74, 6) is -0.432. The Labute approximate surface area is 131 Å². The molecule has 5 nitrogen and oxygen atoms in total. The number of aromatic nitrogens is 1. The Hall–Kier alpha value is -1.54. The summed E-state index contributed by atoms with van der Waals surface area (Å²) in [5.41, 5.74) is 4.65. The van der Waals surface area contributed by atoms with Crippen molar-refractivity contribution in [3.05, 3.63) is 22.8 Å². The van der Waals surface area contributed by atoms with Crippen molar-refractivity contribution in [3.63, 3.8) is 0 Å². The summed E-state index contributed by atoms with van der Waals surface area (Å²) in [5, 5.41) is 2.31. The van der Waals surface area contributed by atoms with Crippen LogP contribution in [0.1, 0.15) is 25.3 Å². The van der Waals surface area contributed by atoms with Gasteiger partial charge in [-0.1, -0.05) is 24.9 Å². The standard InChI is InChI=1S/C13H17ClF3N3O2/c1-2-3-10(18)11(21)19-4-5-22-12-9(14)6-8(7-20-12)13(15,16)17/h6-7,10H,2-5,18H2,1H3,(H,19,21). The first-order valence-electron chi connectivity index (χ1n) is 6.64. The number of hydrogen-bond acceptors (Lipinski definition) is 4. The number of nitrogens with two attached hydrogens (primary N) is 1. The molecular weight excluding hydrogens is 323 g/mol. The van der Waals surface area contributed by atoms with Crippen LogP contribution in [0.25, 0.3) is 0 Å². The molecule has 1 rings (SSSR count). The first kappa shape index (κ1) is 18.5. The molecule has 0 fully saturated rings. The Morgan fingerprint density at radius 3 is 2.77 bits per heavy atom. The molecule has 0 aliphatic carbocycles. The maximum absolute atomic E-state index is 12.4. The summed E-state index contributed by atoms with van der Waals surface area (Å²) in [6, 6.07) is 0.150. The van der Waals surface area contributed by atoms with Crippen molar-refractivity contribution in [2.24, 2.45) is 5.73 Å². The minimum absolute atomic E-state index is 0.0165. The molecule has 1 aromatic rings. The van der Waals surface area contributed by atoms with Crippen molar-refractivity contribution in [1.82, 2.24) is 10.3 Å². The van der Waals surface area contributed by atoms with E-state index in [1.807, 2.05) is 6.92 Å². The van der Waals surface area contributed by atoms with E-state index in [0.717, 1.165) is 12.5 Å². The number of halogens is 4. The Morgan fingerprint density at radius 2 is 2.23 bits per heavy atom. The minimum atomic E-state index is -4.52. The Morgan fingerprint density at radius 1 is 1.55 bits per heavy atom. The first-order chi connectivity index (χ1) is 10.3. The number of nitrogens with zero attached hydrogens (tertiary/aromatic N) is 1. The van der Waals surface area contributed by atoms with Gasteiger partial charge in [0.2, 0.25) is 11.8 Å². The van der Waals surface area contributed by atoms with Crippen LogP contribution < -0.4 is 15.8 Å². The fourth-order valence-electron chi connectivity index (χ4n) is 1.58. The molecule has 0 saturated carbocycles. The van der Waals surface area contributed by atoms with Crippen molar-refractivity contribution in [2.75, 3.05) is 13.2 Å². The van der Waals surface area contributed by atoms with Crippen LogP contribution in [0.2, 0.25) is 5.02 Å². The number of hydrogen-bond donors (Lipinski definition) is 2. The number of ether oxygens (including phenoxy) is 1. The second-order valence-corrected chi connectivity index (χ2v) is 4.95. The highest BCUT2D eigenvalue weighted by atomic mass is 35.5. The summed E-state index contributed by atoms with van der Waals surface area (Å²) in [7, 11) is 0. The molecule has 1 aromatic heterocycles. The van der Waals surface area contributed by atoms with Crippen LogP contribution in [0.3, 0.4) is 0 Å². The van der Waals surface area contributed by atoms with Gasteiger partial charge in [-0.25, -0.2) is 4.98 Å². The van der Waals surface area contributed by atoms with E-state index in [2.05, 4.69) is 10.3 Å². The van der Waals surface area contributed by atoms with Gasteiger partial charge >= 0.3 is 6.18 Å². The molecule has 0 aliphatic rings. The monoisotopic (exact) mass is 339 g/mol. The molecule has 0 bridgehead atoms. The second kappa shape index (κ2) is 8.19. The van der Waals surface area contributed by atoms with Crippen molar-refractivity contribution in [1.29, 1.82) is 0 Å². The van der Waals surface area contributed by atoms with Gasteiger partial charge in [-0.05, 0) is 12.5 Å². The lowest BCUT2D eigenvalue weighted by Gasteiger charge is -2.12. The number of alkyl halides is 3. The molecule has 22 heavy (non-hydrogen) atoms. The number of pyridine rings is 1. The quantitative estimate of drug-likeness (QED) is 0.748. The highest BCUT2D eigenvalue weighted by molar-refractivity contribution is 6.31. The van der Waals surface area contributed by atoms with Crippen LogP contribution in [0.15, 0.2) is 12.3 Å². The van der Waals surface area contributed by atoms with E-state index in [9.17, 15) is 18.0 Å². The van der Waals surface area contributed by atoms with Gasteiger partial charge in [0, 0.05) is 6.20 Å². The van der Waals surface area contributed by atoms with E-state index in [0.29, 0.717) is 12.6 Å². The van der Waals surface area contributed by atoms with Crippen LogP contribution in [0.5, 0.6) is 5.88 Å². The summed E-state index contributed by atoms with van der Waals surface area (Å²) >= 11 is 5.67. The topological polar surface area (TPSA) is 77.2 Å². The molecule has 1 amide bonds. The van der Waals surface area contributed by atoms with Crippen molar-refractivity contribution < 1.29 is 22.7 Å². The Balaban J connectivity index is 2.44. The van der Waals surface area contributed by atoms with Gasteiger partial charge in [0.05, 0.1) is 18.2 Å². The maximum Gasteiger partial charge on any atom is 0.417 e. The number of amides is 1. The predicted octanol–water partition coefficient (Wildman–Crippen LogP) is 2.38. The Kier molecular flexibility index (Phi) is 6.89. The fourth-order valence-corrected chi connectivity index (χ4v) is 1.80. The maximum atomic E-state index is 12.4. The summed E-state index contributed by atoms with van der Waals surface area (Å²) in [4.78, 5) is 15.0. The van der Waals surface area contributed by atoms with Crippen LogP contribution >= 0.6 is 11.6 Å². The van der Waals surface area contributed by atoms with Crippen molar-refractivity contribution >= 4 is 17.5 Å². The van der Waals surface area contributed by atoms with E-state index in [1.54, 1.807) is 0 Å². The zero-order chi connectivity index (χ0) is 16.8. The summed E-state index contributed by atoms with van der Waals surface area (Å²) in [6.07, 6.45) is -2.52. The normalized spacial score (nSPS) is 12.8. The SMILES string of the molecule is CCCC(N)C(=O)NCCOc1ncc(C(F)(F)F)cc1Cl. The van der Waals surface area contributed by atoms with Gasteiger partial charge in [-0.2, -0.15) is 13.2 Å². The molecule has 1 atom stereocenters. The molecule has 1 unspecified atom stereocenters. The first-order valence-corrected chi connectivity index (χ1v) is 7.02. The van der Waals surface area contributed by atoms with E-state index in [-0.39, 0.29) is 30.0 Å². The molecule has 3 N–H and O–H groups in total. The highest BCUT2D eigenvalue weighted by Gasteiger charge is 2.31. The molecular formula is C13H17ClF3N3O2. The van der Waals surface area contributed by atoms with Crippen molar-refractivity contribution in [2.45, 2.75) is 32.0 Å². The van der Waals surface area contributed by atoms with Gasteiger partial charge in [-0.3, -0.25) is 4.79 Å². The zero-order valence-corrected chi connectivity index (χ0v) is 12.7. The predicted molar refractivity (Wildman–Crippen MR) is 75.6 cm³/mol. The lowest BCUT2D eigenvalue weighted by atomic mass is 10.2. The van der Waals surface area contributed by atoms with Gasteiger partial charge < -0.3 is 15.8 Å². The molecule has 0 spiro atoms. The van der Waals surface area contributed by atoms with E-state index in [4.69, 9.17) is 22.1 Å². The number of nitrogens with one attached hydrogen (secondary N) is 1. The van der Waals surface area contributed by atoms with Gasteiger partial charge in [0.25, 0.3) is 0 Å². The average molecular weight is 340 g/mol. The van der Waals surface area contributed by atoms with Crippen molar-refractivity contribution in [3.8, 4) is 5.88 Å². The molecule has 0 aliphatic heterocycles. The molecule has 124 valence electrons. The van der Waals surface area contributed by atoms with Gasteiger partial charge in [0.1, 0.15) is 11.6 Å². The Bertz CT molecular complexity index is 512. The van der Waals surface area contributed by atoms with E-state index >= 15 is 0 Å². The molecule has 0 aromatic carbocycles. The second-order valence-electron chi connectivity index (χ2n) is 4.54. The van der Waals surface area contributed by atoms with Gasteiger partial charge in [-0.15, -0.1) is 0 Å². The molecule has 0 radical (unpaired) electrons. The molecule has 1 heterocycles. The number of carbonyl (C=O) groups is 1. The third-order valence-corrected chi connectivity index (χ3v) is 2.98. The third-order valence-electron chi connectivity index (χ3n) is 2.71. The minimum Gasteiger partial charge on any atom is -0.475 e. The van der Waals surface area contributed by atoms with E-state index in [1.165, 1.54) is 0 Å². The lowest BCUT2D eigenvalue weighted by molar-refractivity contribution is -0.137. The zero-order valence-electron chi connectivity index (χ0n) is 11.9. The van der Waals surface area contributed by atoms with E-state index < -0.39 is 17.8 Å². The number of carbonyl (C=O) groups excluding carboxylic acids is 1. The van der Waals surface area contributed by atoms with Gasteiger partial charge in [0.15, 0.2) is 0 Å². The smallest absolute Gasteiger partial charge is 0.417 e. The lowest BCUT2D eigenvalue weighted by Crippen LogP contribution is -2.41. The largest absolute Gasteiger partial charge is 0.475 e. The molecule has 0 saturated heterocycles. The molecule has 9 heteroatoms. The number of rotatable bonds is 7. The summed E-state index contributed by atoms with van der Waals surface area (Å²) < 4.78 is 42.4. The average Bonchev–Trinajstić information content (AvgIpc) is 2.43. The van der Waals surface area contributed by atoms with Crippen LogP contribution in [-0.2, 0) is 11.0 Å². The van der Waals surface area contributed by atoms with Crippen LogP contribution in [0.4, 0.5) is 13.2 Å². The fraction of sp³-hybridized carbons (Fsp3) is 0.538. The third kappa shape index (κ3) is 5.69. The van der Waals surface area contributed by atoms with Crippen LogP contribution in [0, 0.1) is 0 Å². The van der Waals surface area contributed by atoms with Crippen LogP contribution in [-0.4, -0.2) is 30.1 Å².